The average Bonchev–Trinajstić information content (AvgIpc) is 2.87. The van der Waals surface area contributed by atoms with Gasteiger partial charge in [-0.1, -0.05) is 0 Å². The van der Waals surface area contributed by atoms with Crippen LogP contribution in [0.1, 0.15) is 11.1 Å². The van der Waals surface area contributed by atoms with Crippen LogP contribution in [-0.4, -0.2) is 24.7 Å². The summed E-state index contributed by atoms with van der Waals surface area (Å²) in [5, 5.41) is 19.3. The van der Waals surface area contributed by atoms with E-state index in [-0.39, 0.29) is 14.5 Å². The van der Waals surface area contributed by atoms with Crippen molar-refractivity contribution >= 4 is 30.4 Å². The first kappa shape index (κ1) is 15.4. The fourth-order valence-electron chi connectivity index (χ4n) is 2.31. The molecule has 3 aromatic rings. The number of benzene rings is 2. The van der Waals surface area contributed by atoms with Crippen LogP contribution in [0.5, 0.6) is 11.5 Å². The summed E-state index contributed by atoms with van der Waals surface area (Å²) in [5.41, 5.74) is 4.07. The van der Waals surface area contributed by atoms with E-state index >= 15 is 0 Å². The van der Waals surface area contributed by atoms with Crippen LogP contribution >= 0.6 is 15.9 Å². The molecule has 0 spiro atoms. The molecule has 0 atom stereocenters. The van der Waals surface area contributed by atoms with Gasteiger partial charge in [0.25, 0.3) is 0 Å². The molecule has 0 aliphatic carbocycles. The van der Waals surface area contributed by atoms with Crippen LogP contribution in [0.2, 0.25) is 0 Å². The fourth-order valence-corrected chi connectivity index (χ4v) is 5.72. The Hall–Kier alpha value is -1.48. The fraction of sp³-hybridized carbons (Fsp3) is 0.111. The van der Waals surface area contributed by atoms with Crippen molar-refractivity contribution in [2.24, 2.45) is 0 Å². The molecule has 0 radical (unpaired) electrons. The van der Waals surface area contributed by atoms with Gasteiger partial charge in [-0.15, -0.1) is 0 Å². The van der Waals surface area contributed by atoms with Crippen molar-refractivity contribution in [3.63, 3.8) is 0 Å². The second kappa shape index (κ2) is 5.96. The summed E-state index contributed by atoms with van der Waals surface area (Å²) in [5.74, 6) is 0.657. The molecule has 1 aromatic heterocycles. The summed E-state index contributed by atoms with van der Waals surface area (Å²) in [6.07, 6.45) is 0. The zero-order chi connectivity index (χ0) is 15.9. The van der Waals surface area contributed by atoms with Gasteiger partial charge in [0.15, 0.2) is 0 Å². The Morgan fingerprint density at radius 2 is 1.36 bits per heavy atom. The van der Waals surface area contributed by atoms with Gasteiger partial charge in [0.1, 0.15) is 0 Å². The zero-order valence-corrected chi connectivity index (χ0v) is 15.5. The Balaban J connectivity index is 2.06. The van der Waals surface area contributed by atoms with Gasteiger partial charge in [-0.2, -0.15) is 0 Å². The van der Waals surface area contributed by atoms with Gasteiger partial charge in [-0.3, -0.25) is 0 Å². The van der Waals surface area contributed by atoms with Crippen LogP contribution in [0.25, 0.3) is 20.0 Å². The van der Waals surface area contributed by atoms with E-state index in [4.69, 9.17) is 0 Å². The van der Waals surface area contributed by atoms with Crippen LogP contribution in [-0.2, 0) is 0 Å². The summed E-state index contributed by atoms with van der Waals surface area (Å²) in [6, 6.07) is 13.6. The number of phenols is 2. The molecule has 22 heavy (non-hydrogen) atoms. The van der Waals surface area contributed by atoms with Crippen molar-refractivity contribution in [2.45, 2.75) is 13.8 Å². The third-order valence-electron chi connectivity index (χ3n) is 3.63. The van der Waals surface area contributed by atoms with Gasteiger partial charge in [0.05, 0.1) is 0 Å². The Bertz CT molecular complexity index is 852. The first-order valence-corrected chi connectivity index (χ1v) is 9.35. The monoisotopic (exact) mass is 422 g/mol. The van der Waals surface area contributed by atoms with E-state index < -0.39 is 0 Å². The van der Waals surface area contributed by atoms with E-state index in [1.807, 2.05) is 38.1 Å². The maximum absolute atomic E-state index is 9.68. The molecule has 0 saturated carbocycles. The van der Waals surface area contributed by atoms with Crippen LogP contribution in [0.15, 0.2) is 46.9 Å². The van der Waals surface area contributed by atoms with Crippen LogP contribution < -0.4 is 0 Å². The molecule has 112 valence electrons. The van der Waals surface area contributed by atoms with Gasteiger partial charge in [-0.25, -0.2) is 0 Å². The second-order valence-corrected chi connectivity index (χ2v) is 8.35. The molecule has 1 heterocycles. The predicted octanol–water partition coefficient (Wildman–Crippen LogP) is 4.87. The van der Waals surface area contributed by atoms with Gasteiger partial charge in [-0.05, 0) is 0 Å². The van der Waals surface area contributed by atoms with Crippen LogP contribution in [0.4, 0.5) is 0 Å². The summed E-state index contributed by atoms with van der Waals surface area (Å²) in [7, 11) is 0. The van der Waals surface area contributed by atoms with Gasteiger partial charge < -0.3 is 0 Å². The summed E-state index contributed by atoms with van der Waals surface area (Å²) in [4.78, 5) is 0. The molecule has 2 aromatic carbocycles. The van der Waals surface area contributed by atoms with Crippen molar-refractivity contribution < 1.29 is 10.2 Å². The van der Waals surface area contributed by atoms with Gasteiger partial charge >= 0.3 is 144 Å². The number of rotatable bonds is 2. The zero-order valence-electron chi connectivity index (χ0n) is 12.2. The minimum absolute atomic E-state index is 0.186. The second-order valence-electron chi connectivity index (χ2n) is 5.29. The molecule has 0 aliphatic heterocycles. The molecule has 0 fully saturated rings. The number of hydrogen-bond acceptors (Lipinski definition) is 2. The molecule has 0 aliphatic rings. The van der Waals surface area contributed by atoms with E-state index in [0.29, 0.717) is 11.5 Å². The molecule has 0 amide bonds. The molecule has 2 nitrogen and oxygen atoms in total. The van der Waals surface area contributed by atoms with Crippen LogP contribution in [0, 0.1) is 13.8 Å². The van der Waals surface area contributed by atoms with Crippen LogP contribution in [0.3, 0.4) is 0 Å². The minimum atomic E-state index is 0.186. The first-order chi connectivity index (χ1) is 10.5. The number of phenolic OH excluding ortho intramolecular Hbond substituents is 2. The Labute approximate surface area is 143 Å². The standard InChI is InChI=1S/C18H15BrO2Se/c1-10-7-12(3-5-15(10)20)17-9-14(19)18(22-17)13-4-6-16(21)11(2)8-13/h3-9,20-21H,1-2H3. The van der Waals surface area contributed by atoms with Crippen molar-refractivity contribution in [1.82, 2.24) is 0 Å². The van der Waals surface area contributed by atoms with E-state index in [0.717, 1.165) is 26.7 Å². The van der Waals surface area contributed by atoms with Crippen molar-refractivity contribution in [2.75, 3.05) is 0 Å². The molecule has 0 unspecified atom stereocenters. The SMILES string of the molecule is Cc1cc(-c2cc(Br)c(-c3ccc(O)c(C)c3)[se]2)ccc1O. The molecule has 2 N–H and O–H groups in total. The number of aryl methyl sites for hydroxylation is 2. The molecule has 3 rings (SSSR count). The van der Waals surface area contributed by atoms with Gasteiger partial charge in [0.2, 0.25) is 0 Å². The molecule has 4 heteroatoms. The van der Waals surface area contributed by atoms with Crippen molar-refractivity contribution in [3.8, 4) is 31.5 Å². The number of halogens is 1. The molecular weight excluding hydrogens is 407 g/mol. The van der Waals surface area contributed by atoms with Crippen molar-refractivity contribution in [1.29, 1.82) is 0 Å². The molecule has 0 saturated heterocycles. The first-order valence-electron chi connectivity index (χ1n) is 6.85. The van der Waals surface area contributed by atoms with E-state index in [9.17, 15) is 10.2 Å². The Morgan fingerprint density at radius 3 is 1.95 bits per heavy atom. The maximum atomic E-state index is 9.68. The third kappa shape index (κ3) is 2.87. The number of aromatic hydroxyl groups is 2. The van der Waals surface area contributed by atoms with E-state index in [2.05, 4.69) is 22.0 Å². The predicted molar refractivity (Wildman–Crippen MR) is 94.8 cm³/mol. The molecule has 0 bridgehead atoms. The average molecular weight is 422 g/mol. The van der Waals surface area contributed by atoms with Gasteiger partial charge in [0, 0.05) is 0 Å². The Morgan fingerprint density at radius 1 is 0.818 bits per heavy atom. The Kier molecular flexibility index (Phi) is 4.18. The normalized spacial score (nSPS) is 10.9. The molecular formula is C18H15BrO2Se. The third-order valence-corrected chi connectivity index (χ3v) is 7.43. The van der Waals surface area contributed by atoms with E-state index in [1.165, 1.54) is 8.87 Å². The van der Waals surface area contributed by atoms with Crippen molar-refractivity contribution in [3.05, 3.63) is 58.1 Å². The topological polar surface area (TPSA) is 40.5 Å². The summed E-state index contributed by atoms with van der Waals surface area (Å²) >= 11 is 3.85. The summed E-state index contributed by atoms with van der Waals surface area (Å²) in [6.45, 7) is 3.82. The van der Waals surface area contributed by atoms with E-state index in [1.54, 1.807) is 12.1 Å². The quantitative estimate of drug-likeness (QED) is 0.579. The summed E-state index contributed by atoms with van der Waals surface area (Å²) < 4.78 is 3.65. The number of hydrogen-bond donors (Lipinski definition) is 2.